The fourth-order valence-corrected chi connectivity index (χ4v) is 2.50. The zero-order valence-electron chi connectivity index (χ0n) is 15.4. The van der Waals surface area contributed by atoms with Gasteiger partial charge in [0.1, 0.15) is 18.1 Å². The lowest BCUT2D eigenvalue weighted by Gasteiger charge is -2.17. The van der Waals surface area contributed by atoms with Crippen LogP contribution in [-0.4, -0.2) is 25.2 Å². The van der Waals surface area contributed by atoms with Crippen molar-refractivity contribution in [3.63, 3.8) is 0 Å². The van der Waals surface area contributed by atoms with Gasteiger partial charge >= 0.3 is 0 Å². The molecule has 2 rings (SSSR count). The third-order valence-electron chi connectivity index (χ3n) is 3.97. The van der Waals surface area contributed by atoms with Crippen molar-refractivity contribution in [2.24, 2.45) is 0 Å². The van der Waals surface area contributed by atoms with Crippen LogP contribution in [-0.2, 0) is 4.79 Å². The molecule has 134 valence electrons. The van der Waals surface area contributed by atoms with E-state index in [0.29, 0.717) is 19.1 Å². The van der Waals surface area contributed by atoms with Gasteiger partial charge in [-0.1, -0.05) is 50.2 Å². The molecule has 0 spiro atoms. The lowest BCUT2D eigenvalue weighted by atomic mass is 10.0. The third-order valence-corrected chi connectivity index (χ3v) is 3.97. The standard InChI is InChI=1S/C21H27NO3/c1-15(2)18-10-6-8-12-20(18)24-14-13-22-21(23)17(4)25-19-11-7-5-9-16(19)3/h5-12,15,17H,13-14H2,1-4H3,(H,22,23)/t17-/m0/s1. The van der Waals surface area contributed by atoms with E-state index in [9.17, 15) is 4.79 Å². The Morgan fingerprint density at radius 2 is 1.64 bits per heavy atom. The molecule has 2 aromatic carbocycles. The van der Waals surface area contributed by atoms with Crippen molar-refractivity contribution in [2.45, 2.75) is 39.7 Å². The number of nitrogens with one attached hydrogen (secondary N) is 1. The number of aryl methyl sites for hydroxylation is 1. The quantitative estimate of drug-likeness (QED) is 0.736. The molecule has 0 aliphatic rings. The van der Waals surface area contributed by atoms with E-state index in [1.165, 1.54) is 5.56 Å². The molecule has 0 aliphatic carbocycles. The van der Waals surface area contributed by atoms with Gasteiger partial charge in [-0.25, -0.2) is 0 Å². The second-order valence-corrected chi connectivity index (χ2v) is 6.36. The van der Waals surface area contributed by atoms with Crippen LogP contribution in [0.5, 0.6) is 11.5 Å². The third kappa shape index (κ3) is 5.52. The number of ether oxygens (including phenoxy) is 2. The Morgan fingerprint density at radius 3 is 2.32 bits per heavy atom. The van der Waals surface area contributed by atoms with Gasteiger partial charge in [-0.05, 0) is 43.0 Å². The first kappa shape index (κ1) is 18.8. The molecule has 1 atom stereocenters. The summed E-state index contributed by atoms with van der Waals surface area (Å²) in [6.45, 7) is 8.83. The van der Waals surface area contributed by atoms with E-state index >= 15 is 0 Å². The van der Waals surface area contributed by atoms with Gasteiger partial charge in [0.2, 0.25) is 0 Å². The summed E-state index contributed by atoms with van der Waals surface area (Å²) >= 11 is 0. The average Bonchev–Trinajstić information content (AvgIpc) is 2.60. The fraction of sp³-hybridized carbons (Fsp3) is 0.381. The van der Waals surface area contributed by atoms with Gasteiger partial charge in [-0.15, -0.1) is 0 Å². The predicted molar refractivity (Wildman–Crippen MR) is 100 cm³/mol. The molecule has 0 radical (unpaired) electrons. The fourth-order valence-electron chi connectivity index (χ4n) is 2.50. The van der Waals surface area contributed by atoms with Crippen molar-refractivity contribution in [3.05, 3.63) is 59.7 Å². The summed E-state index contributed by atoms with van der Waals surface area (Å²) in [4.78, 5) is 12.2. The molecule has 1 N–H and O–H groups in total. The highest BCUT2D eigenvalue weighted by Crippen LogP contribution is 2.25. The van der Waals surface area contributed by atoms with Crippen LogP contribution < -0.4 is 14.8 Å². The maximum atomic E-state index is 12.2. The predicted octanol–water partition coefficient (Wildman–Crippen LogP) is 4.08. The highest BCUT2D eigenvalue weighted by molar-refractivity contribution is 5.80. The van der Waals surface area contributed by atoms with Gasteiger partial charge in [-0.3, -0.25) is 4.79 Å². The molecule has 0 aliphatic heterocycles. The zero-order valence-corrected chi connectivity index (χ0v) is 15.4. The molecule has 0 aromatic heterocycles. The number of hydrogen-bond acceptors (Lipinski definition) is 3. The normalized spacial score (nSPS) is 11.9. The molecular weight excluding hydrogens is 314 g/mol. The summed E-state index contributed by atoms with van der Waals surface area (Å²) in [6, 6.07) is 15.7. The largest absolute Gasteiger partial charge is 0.491 e. The second kappa shape index (κ2) is 9.11. The molecule has 0 unspecified atom stereocenters. The Labute approximate surface area is 150 Å². The molecule has 0 fully saturated rings. The molecular formula is C21H27NO3. The molecule has 1 amide bonds. The van der Waals surface area contributed by atoms with E-state index in [1.807, 2.05) is 49.4 Å². The molecule has 0 saturated heterocycles. The Morgan fingerprint density at radius 1 is 1.00 bits per heavy atom. The number of amides is 1. The molecule has 0 saturated carbocycles. The first-order valence-corrected chi connectivity index (χ1v) is 8.70. The maximum Gasteiger partial charge on any atom is 0.260 e. The molecule has 0 bridgehead atoms. The minimum Gasteiger partial charge on any atom is -0.491 e. The Kier molecular flexibility index (Phi) is 6.87. The molecule has 0 heterocycles. The molecule has 4 nitrogen and oxygen atoms in total. The molecule has 25 heavy (non-hydrogen) atoms. The smallest absolute Gasteiger partial charge is 0.260 e. The van der Waals surface area contributed by atoms with Crippen molar-refractivity contribution in [2.75, 3.05) is 13.2 Å². The highest BCUT2D eigenvalue weighted by Gasteiger charge is 2.15. The van der Waals surface area contributed by atoms with Crippen molar-refractivity contribution >= 4 is 5.91 Å². The second-order valence-electron chi connectivity index (χ2n) is 6.36. The minimum atomic E-state index is -0.552. The van der Waals surface area contributed by atoms with Gasteiger partial charge in [0.05, 0.1) is 6.54 Å². The number of para-hydroxylation sites is 2. The van der Waals surface area contributed by atoms with E-state index < -0.39 is 6.10 Å². The summed E-state index contributed by atoms with van der Waals surface area (Å²) in [5.41, 5.74) is 2.18. The van der Waals surface area contributed by atoms with Gasteiger partial charge in [0.15, 0.2) is 6.10 Å². The van der Waals surface area contributed by atoms with Gasteiger partial charge < -0.3 is 14.8 Å². The summed E-state index contributed by atoms with van der Waals surface area (Å²) in [5.74, 6) is 1.85. The minimum absolute atomic E-state index is 0.149. The topological polar surface area (TPSA) is 47.6 Å². The first-order chi connectivity index (χ1) is 12.0. The van der Waals surface area contributed by atoms with E-state index in [0.717, 1.165) is 17.1 Å². The summed E-state index contributed by atoms with van der Waals surface area (Å²) < 4.78 is 11.5. The maximum absolute atomic E-state index is 12.2. The van der Waals surface area contributed by atoms with Crippen LogP contribution in [0, 0.1) is 6.92 Å². The summed E-state index contributed by atoms with van der Waals surface area (Å²) in [6.07, 6.45) is -0.552. The van der Waals surface area contributed by atoms with Crippen molar-refractivity contribution < 1.29 is 14.3 Å². The van der Waals surface area contributed by atoms with E-state index in [1.54, 1.807) is 6.92 Å². The van der Waals surface area contributed by atoms with Crippen LogP contribution in [0.4, 0.5) is 0 Å². The molecule has 4 heteroatoms. The van der Waals surface area contributed by atoms with Crippen molar-refractivity contribution in [1.82, 2.24) is 5.32 Å². The number of carbonyl (C=O) groups is 1. The van der Waals surface area contributed by atoms with Crippen LogP contribution in [0.2, 0.25) is 0 Å². The number of benzene rings is 2. The Balaban J connectivity index is 1.78. The van der Waals surface area contributed by atoms with Crippen LogP contribution in [0.25, 0.3) is 0 Å². The van der Waals surface area contributed by atoms with Crippen LogP contribution >= 0.6 is 0 Å². The number of hydrogen-bond donors (Lipinski definition) is 1. The highest BCUT2D eigenvalue weighted by atomic mass is 16.5. The van der Waals surface area contributed by atoms with E-state index in [-0.39, 0.29) is 5.91 Å². The van der Waals surface area contributed by atoms with Crippen LogP contribution in [0.15, 0.2) is 48.5 Å². The molecule has 2 aromatic rings. The van der Waals surface area contributed by atoms with Gasteiger partial charge in [-0.2, -0.15) is 0 Å². The first-order valence-electron chi connectivity index (χ1n) is 8.70. The number of carbonyl (C=O) groups excluding carboxylic acids is 1. The average molecular weight is 341 g/mol. The lowest BCUT2D eigenvalue weighted by molar-refractivity contribution is -0.127. The number of rotatable bonds is 8. The lowest BCUT2D eigenvalue weighted by Crippen LogP contribution is -2.38. The van der Waals surface area contributed by atoms with E-state index in [2.05, 4.69) is 25.2 Å². The van der Waals surface area contributed by atoms with Crippen molar-refractivity contribution in [3.8, 4) is 11.5 Å². The van der Waals surface area contributed by atoms with Crippen LogP contribution in [0.1, 0.15) is 37.8 Å². The Hall–Kier alpha value is -2.49. The zero-order chi connectivity index (χ0) is 18.2. The van der Waals surface area contributed by atoms with E-state index in [4.69, 9.17) is 9.47 Å². The van der Waals surface area contributed by atoms with Crippen molar-refractivity contribution in [1.29, 1.82) is 0 Å². The summed E-state index contributed by atoms with van der Waals surface area (Å²) in [5, 5.41) is 2.85. The Bertz CT molecular complexity index is 697. The van der Waals surface area contributed by atoms with Gasteiger partial charge in [0, 0.05) is 0 Å². The summed E-state index contributed by atoms with van der Waals surface area (Å²) in [7, 11) is 0. The SMILES string of the molecule is Cc1ccccc1O[C@@H](C)C(=O)NCCOc1ccccc1C(C)C. The van der Waals surface area contributed by atoms with Gasteiger partial charge in [0.25, 0.3) is 5.91 Å². The van der Waals surface area contributed by atoms with Crippen LogP contribution in [0.3, 0.4) is 0 Å². The monoisotopic (exact) mass is 341 g/mol.